The number of aliphatic hydroxyl groups excluding tert-OH is 1. The molecule has 0 atom stereocenters. The molecule has 0 saturated carbocycles. The maximum atomic E-state index is 12.2. The molecule has 0 aliphatic rings. The molecule has 9 heteroatoms. The van der Waals surface area contributed by atoms with Crippen LogP contribution in [0.15, 0.2) is 35.4 Å². The Kier molecular flexibility index (Phi) is 4.44. The quantitative estimate of drug-likeness (QED) is 0.893. The van der Waals surface area contributed by atoms with Crippen LogP contribution in [-0.4, -0.2) is 23.7 Å². The van der Waals surface area contributed by atoms with Gasteiger partial charge in [-0.15, -0.1) is 5.10 Å². The first-order chi connectivity index (χ1) is 9.44. The Hall–Kier alpha value is -1.41. The minimum absolute atomic E-state index is 0.0522. The maximum Gasteiger partial charge on any atom is 0.264 e. The van der Waals surface area contributed by atoms with Gasteiger partial charge in [-0.3, -0.25) is 4.72 Å². The van der Waals surface area contributed by atoms with E-state index in [-0.39, 0.29) is 26.3 Å². The molecule has 20 heavy (non-hydrogen) atoms. The van der Waals surface area contributed by atoms with Crippen molar-refractivity contribution < 1.29 is 13.5 Å². The van der Waals surface area contributed by atoms with Crippen LogP contribution in [0.4, 0.5) is 5.82 Å². The second-order valence-electron chi connectivity index (χ2n) is 3.75. The topological polar surface area (TPSA) is 92.2 Å². The molecule has 1 heterocycles. The van der Waals surface area contributed by atoms with E-state index in [0.717, 1.165) is 0 Å². The summed E-state index contributed by atoms with van der Waals surface area (Å²) in [4.78, 5) is -0.196. The van der Waals surface area contributed by atoms with E-state index in [4.69, 9.17) is 28.3 Å². The van der Waals surface area contributed by atoms with Crippen molar-refractivity contribution in [3.63, 3.8) is 0 Å². The molecule has 0 fully saturated rings. The van der Waals surface area contributed by atoms with E-state index in [1.54, 1.807) is 0 Å². The molecule has 0 unspecified atom stereocenters. The fourth-order valence-corrected chi connectivity index (χ4v) is 3.30. The molecule has 0 bridgehead atoms. The number of hydrogen-bond acceptors (Lipinski definition) is 5. The van der Waals surface area contributed by atoms with Crippen LogP contribution in [0.3, 0.4) is 0 Å². The summed E-state index contributed by atoms with van der Waals surface area (Å²) in [6, 6.07) is 5.46. The van der Waals surface area contributed by atoms with Gasteiger partial charge in [-0.05, 0) is 29.8 Å². The number of nitrogens with zero attached hydrogens (tertiary/aromatic N) is 2. The van der Waals surface area contributed by atoms with Crippen LogP contribution in [-0.2, 0) is 16.6 Å². The number of sulfonamides is 1. The van der Waals surface area contributed by atoms with Crippen molar-refractivity contribution in [2.75, 3.05) is 4.72 Å². The van der Waals surface area contributed by atoms with Gasteiger partial charge >= 0.3 is 0 Å². The van der Waals surface area contributed by atoms with E-state index in [1.807, 2.05) is 0 Å². The SMILES string of the molecule is O=S(=O)(Nc1cccnn1)c1cc(CO)c(Cl)cc1Cl. The first-order valence-electron chi connectivity index (χ1n) is 5.33. The van der Waals surface area contributed by atoms with E-state index in [2.05, 4.69) is 14.9 Å². The number of nitrogens with one attached hydrogen (secondary N) is 1. The first-order valence-corrected chi connectivity index (χ1v) is 7.57. The molecule has 0 aliphatic carbocycles. The van der Waals surface area contributed by atoms with E-state index in [9.17, 15) is 8.42 Å². The van der Waals surface area contributed by atoms with Crippen molar-refractivity contribution in [1.29, 1.82) is 0 Å². The minimum atomic E-state index is -3.95. The Balaban J connectivity index is 2.44. The van der Waals surface area contributed by atoms with E-state index in [0.29, 0.717) is 0 Å². The van der Waals surface area contributed by atoms with Crippen molar-refractivity contribution in [1.82, 2.24) is 10.2 Å². The Labute approximate surface area is 125 Å². The van der Waals surface area contributed by atoms with Crippen molar-refractivity contribution in [2.24, 2.45) is 0 Å². The largest absolute Gasteiger partial charge is 0.392 e. The van der Waals surface area contributed by atoms with Crippen LogP contribution < -0.4 is 4.72 Å². The van der Waals surface area contributed by atoms with Crippen molar-refractivity contribution in [3.8, 4) is 0 Å². The van der Waals surface area contributed by atoms with Crippen molar-refractivity contribution in [2.45, 2.75) is 11.5 Å². The minimum Gasteiger partial charge on any atom is -0.392 e. The highest BCUT2D eigenvalue weighted by Crippen LogP contribution is 2.29. The van der Waals surface area contributed by atoms with Crippen LogP contribution in [0.1, 0.15) is 5.56 Å². The van der Waals surface area contributed by atoms with Gasteiger partial charge in [0, 0.05) is 11.2 Å². The van der Waals surface area contributed by atoms with Crippen LogP contribution in [0.25, 0.3) is 0 Å². The van der Waals surface area contributed by atoms with E-state index in [1.165, 1.54) is 30.5 Å². The number of benzene rings is 1. The van der Waals surface area contributed by atoms with Gasteiger partial charge in [-0.2, -0.15) is 5.10 Å². The molecule has 0 saturated heterocycles. The van der Waals surface area contributed by atoms with Crippen molar-refractivity contribution >= 4 is 39.0 Å². The number of aromatic nitrogens is 2. The lowest BCUT2D eigenvalue weighted by molar-refractivity contribution is 0.281. The molecule has 2 N–H and O–H groups in total. The summed E-state index contributed by atoms with van der Waals surface area (Å²) < 4.78 is 26.7. The number of rotatable bonds is 4. The third-order valence-corrected chi connectivity index (χ3v) is 4.54. The predicted octanol–water partition coefficient (Wildman–Crippen LogP) is 2.08. The Bertz CT molecular complexity index is 723. The summed E-state index contributed by atoms with van der Waals surface area (Å²) in [5, 5.41) is 16.4. The highest BCUT2D eigenvalue weighted by Gasteiger charge is 2.20. The highest BCUT2D eigenvalue weighted by atomic mass is 35.5. The smallest absolute Gasteiger partial charge is 0.264 e. The number of aliphatic hydroxyl groups is 1. The molecule has 0 spiro atoms. The van der Waals surface area contributed by atoms with E-state index >= 15 is 0 Å². The standard InChI is InChI=1S/C11H9Cl2N3O3S/c12-8-5-9(13)10(4-7(8)6-17)20(18,19)16-11-2-1-3-14-15-11/h1-5,17H,6H2,(H,15,16). The molecule has 1 aromatic heterocycles. The lowest BCUT2D eigenvalue weighted by Crippen LogP contribution is -2.15. The number of hydrogen-bond donors (Lipinski definition) is 2. The lowest BCUT2D eigenvalue weighted by atomic mass is 10.2. The van der Waals surface area contributed by atoms with Crippen LogP contribution in [0.2, 0.25) is 10.0 Å². The van der Waals surface area contributed by atoms with Gasteiger partial charge in [0.15, 0.2) is 5.82 Å². The Morgan fingerprint density at radius 3 is 2.60 bits per heavy atom. The Morgan fingerprint density at radius 1 is 1.25 bits per heavy atom. The lowest BCUT2D eigenvalue weighted by Gasteiger charge is -2.10. The van der Waals surface area contributed by atoms with Crippen LogP contribution in [0.5, 0.6) is 0 Å². The molecule has 0 amide bonds. The summed E-state index contributed by atoms with van der Waals surface area (Å²) in [7, 11) is -3.95. The molecular formula is C11H9Cl2N3O3S. The number of anilines is 1. The molecule has 106 valence electrons. The molecule has 1 aromatic carbocycles. The summed E-state index contributed by atoms with van der Waals surface area (Å²) >= 11 is 11.7. The average Bonchev–Trinajstić information content (AvgIpc) is 2.39. The summed E-state index contributed by atoms with van der Waals surface area (Å²) in [5.41, 5.74) is 0.260. The second kappa shape index (κ2) is 5.92. The summed E-state index contributed by atoms with van der Waals surface area (Å²) in [5.74, 6) is 0.0593. The van der Waals surface area contributed by atoms with Crippen LogP contribution in [0, 0.1) is 0 Å². The fraction of sp³-hybridized carbons (Fsp3) is 0.0909. The van der Waals surface area contributed by atoms with Gasteiger partial charge in [0.1, 0.15) is 4.90 Å². The molecule has 0 radical (unpaired) electrons. The first kappa shape index (κ1) is 15.0. The van der Waals surface area contributed by atoms with Gasteiger partial charge in [0.2, 0.25) is 0 Å². The van der Waals surface area contributed by atoms with Gasteiger partial charge in [-0.1, -0.05) is 23.2 Å². The van der Waals surface area contributed by atoms with Crippen LogP contribution >= 0.6 is 23.2 Å². The van der Waals surface area contributed by atoms with Gasteiger partial charge in [-0.25, -0.2) is 8.42 Å². The van der Waals surface area contributed by atoms with Gasteiger partial charge in [0.05, 0.1) is 11.6 Å². The molecule has 2 aromatic rings. The van der Waals surface area contributed by atoms with Crippen molar-refractivity contribution in [3.05, 3.63) is 46.1 Å². The monoisotopic (exact) mass is 333 g/mol. The summed E-state index contributed by atoms with van der Waals surface area (Å²) in [6.07, 6.45) is 1.41. The average molecular weight is 334 g/mol. The Morgan fingerprint density at radius 2 is 2.00 bits per heavy atom. The maximum absolute atomic E-state index is 12.2. The molecule has 6 nitrogen and oxygen atoms in total. The third kappa shape index (κ3) is 3.18. The third-order valence-electron chi connectivity index (χ3n) is 2.37. The zero-order valence-electron chi connectivity index (χ0n) is 9.92. The summed E-state index contributed by atoms with van der Waals surface area (Å²) in [6.45, 7) is -0.399. The molecule has 0 aliphatic heterocycles. The molecular weight excluding hydrogens is 325 g/mol. The number of halogens is 2. The zero-order chi connectivity index (χ0) is 14.8. The highest BCUT2D eigenvalue weighted by molar-refractivity contribution is 7.92. The second-order valence-corrected chi connectivity index (χ2v) is 6.21. The normalized spacial score (nSPS) is 11.3. The molecule has 2 rings (SSSR count). The zero-order valence-corrected chi connectivity index (χ0v) is 12.2. The fourth-order valence-electron chi connectivity index (χ4n) is 1.45. The van der Waals surface area contributed by atoms with Gasteiger partial charge in [0.25, 0.3) is 10.0 Å². The van der Waals surface area contributed by atoms with Gasteiger partial charge < -0.3 is 5.11 Å². The predicted molar refractivity (Wildman–Crippen MR) is 75.2 cm³/mol. The van der Waals surface area contributed by atoms with E-state index < -0.39 is 16.6 Å².